The van der Waals surface area contributed by atoms with Crippen LogP contribution in [0.2, 0.25) is 10.0 Å². The molecule has 2 N–H and O–H groups in total. The van der Waals surface area contributed by atoms with Gasteiger partial charge < -0.3 is 10.6 Å². The van der Waals surface area contributed by atoms with Crippen LogP contribution in [0.3, 0.4) is 0 Å². The molecule has 98 valence electrons. The smallest absolute Gasteiger partial charge is 0.227 e. The molecule has 2 rings (SSSR count). The minimum Gasteiger partial charge on any atom is -0.326 e. The summed E-state index contributed by atoms with van der Waals surface area (Å²) >= 11 is 11.8. The number of amides is 1. The lowest BCUT2D eigenvalue weighted by Crippen LogP contribution is -2.40. The number of piperidine rings is 1. The number of carbonyl (C=O) groups excluding carboxylic acids is 1. The van der Waals surface area contributed by atoms with Crippen LogP contribution in [0.25, 0.3) is 0 Å². The highest BCUT2D eigenvalue weighted by Gasteiger charge is 2.24. The van der Waals surface area contributed by atoms with Crippen LogP contribution in [-0.2, 0) is 4.79 Å². The van der Waals surface area contributed by atoms with Gasteiger partial charge in [-0.3, -0.25) is 4.79 Å². The van der Waals surface area contributed by atoms with Crippen molar-refractivity contribution >= 4 is 34.8 Å². The number of benzene rings is 1. The van der Waals surface area contributed by atoms with Crippen LogP contribution < -0.4 is 10.6 Å². The van der Waals surface area contributed by atoms with Gasteiger partial charge in [-0.1, -0.05) is 23.2 Å². The van der Waals surface area contributed by atoms with E-state index < -0.39 is 0 Å². The van der Waals surface area contributed by atoms with Crippen molar-refractivity contribution in [3.8, 4) is 0 Å². The molecule has 1 heterocycles. The third-order valence-electron chi connectivity index (χ3n) is 3.12. The van der Waals surface area contributed by atoms with Crippen molar-refractivity contribution in [2.24, 2.45) is 5.92 Å². The third kappa shape index (κ3) is 3.61. The predicted molar refractivity (Wildman–Crippen MR) is 75.3 cm³/mol. The van der Waals surface area contributed by atoms with Crippen molar-refractivity contribution in [1.29, 1.82) is 0 Å². The van der Waals surface area contributed by atoms with Gasteiger partial charge in [0.2, 0.25) is 5.91 Å². The first kappa shape index (κ1) is 13.7. The van der Waals surface area contributed by atoms with Crippen LogP contribution in [0.5, 0.6) is 0 Å². The molecule has 5 heteroatoms. The second-order valence-electron chi connectivity index (χ2n) is 4.72. The Balaban J connectivity index is 2.02. The van der Waals surface area contributed by atoms with E-state index in [1.54, 1.807) is 18.2 Å². The number of anilines is 1. The monoisotopic (exact) mass is 286 g/mol. The summed E-state index contributed by atoms with van der Waals surface area (Å²) in [6.45, 7) is 2.98. The van der Waals surface area contributed by atoms with E-state index in [2.05, 4.69) is 17.6 Å². The molecule has 1 aliphatic heterocycles. The predicted octanol–water partition coefficient (Wildman–Crippen LogP) is 3.32. The van der Waals surface area contributed by atoms with Crippen LogP contribution in [0.15, 0.2) is 18.2 Å². The molecule has 3 nitrogen and oxygen atoms in total. The molecule has 1 fully saturated rings. The van der Waals surface area contributed by atoms with E-state index in [4.69, 9.17) is 23.2 Å². The van der Waals surface area contributed by atoms with E-state index in [-0.39, 0.29) is 11.8 Å². The molecule has 1 amide bonds. The average Bonchev–Trinajstić information content (AvgIpc) is 2.27. The quantitative estimate of drug-likeness (QED) is 0.876. The molecule has 18 heavy (non-hydrogen) atoms. The lowest BCUT2D eigenvalue weighted by Gasteiger charge is -2.27. The zero-order valence-electron chi connectivity index (χ0n) is 10.2. The van der Waals surface area contributed by atoms with Gasteiger partial charge in [-0.05, 0) is 44.5 Å². The number of rotatable bonds is 2. The number of hydrogen-bond donors (Lipinski definition) is 2. The van der Waals surface area contributed by atoms with Crippen molar-refractivity contribution in [1.82, 2.24) is 5.32 Å². The molecule has 1 aromatic carbocycles. The first-order valence-electron chi connectivity index (χ1n) is 6.05. The molecular formula is C13H16Cl2N2O. The maximum absolute atomic E-state index is 12.1. The van der Waals surface area contributed by atoms with Gasteiger partial charge in [-0.25, -0.2) is 0 Å². The molecule has 2 unspecified atom stereocenters. The fourth-order valence-electron chi connectivity index (χ4n) is 2.24. The van der Waals surface area contributed by atoms with E-state index in [0.29, 0.717) is 21.8 Å². The number of nitrogens with one attached hydrogen (secondary N) is 2. The molecule has 0 saturated carbocycles. The topological polar surface area (TPSA) is 41.1 Å². The molecule has 0 aliphatic carbocycles. The molecule has 0 bridgehead atoms. The minimum atomic E-state index is 0.0432. The largest absolute Gasteiger partial charge is 0.326 e. The standard InChI is InChI=1S/C13H16Cl2N2O/c1-8-4-9(2-3-16-8)13(18)17-12-6-10(14)5-11(15)7-12/h5-9,16H,2-4H2,1H3,(H,17,18). The minimum absolute atomic E-state index is 0.0432. The summed E-state index contributed by atoms with van der Waals surface area (Å²) in [7, 11) is 0. The molecule has 0 spiro atoms. The maximum atomic E-state index is 12.1. The molecule has 0 aromatic heterocycles. The first-order valence-corrected chi connectivity index (χ1v) is 6.80. The zero-order valence-corrected chi connectivity index (χ0v) is 11.7. The highest BCUT2D eigenvalue weighted by atomic mass is 35.5. The van der Waals surface area contributed by atoms with E-state index in [0.717, 1.165) is 19.4 Å². The van der Waals surface area contributed by atoms with Gasteiger partial charge in [0.25, 0.3) is 0 Å². The summed E-state index contributed by atoms with van der Waals surface area (Å²) in [5, 5.41) is 7.25. The Labute approximate surface area is 117 Å². The lowest BCUT2D eigenvalue weighted by atomic mass is 9.92. The second kappa shape index (κ2) is 5.91. The van der Waals surface area contributed by atoms with Gasteiger partial charge in [0.15, 0.2) is 0 Å². The third-order valence-corrected chi connectivity index (χ3v) is 3.56. The van der Waals surface area contributed by atoms with Crippen LogP contribution in [0.4, 0.5) is 5.69 Å². The molecule has 0 radical (unpaired) electrons. The molecule has 2 atom stereocenters. The average molecular weight is 287 g/mol. The van der Waals surface area contributed by atoms with Crippen LogP contribution in [-0.4, -0.2) is 18.5 Å². The highest BCUT2D eigenvalue weighted by Crippen LogP contribution is 2.24. The summed E-state index contributed by atoms with van der Waals surface area (Å²) in [5.41, 5.74) is 0.656. The molecule has 1 aromatic rings. The highest BCUT2D eigenvalue weighted by molar-refractivity contribution is 6.35. The van der Waals surface area contributed by atoms with Gasteiger partial charge >= 0.3 is 0 Å². The van der Waals surface area contributed by atoms with Crippen LogP contribution >= 0.6 is 23.2 Å². The van der Waals surface area contributed by atoms with E-state index in [1.165, 1.54) is 0 Å². The Morgan fingerprint density at radius 3 is 2.61 bits per heavy atom. The summed E-state index contributed by atoms with van der Waals surface area (Å²) in [6, 6.07) is 5.44. The van der Waals surface area contributed by atoms with Crippen molar-refractivity contribution in [2.45, 2.75) is 25.8 Å². The van der Waals surface area contributed by atoms with Crippen LogP contribution in [0.1, 0.15) is 19.8 Å². The van der Waals surface area contributed by atoms with Crippen molar-refractivity contribution in [3.63, 3.8) is 0 Å². The Morgan fingerprint density at radius 2 is 2.00 bits per heavy atom. The van der Waals surface area contributed by atoms with Gasteiger partial charge in [-0.2, -0.15) is 0 Å². The van der Waals surface area contributed by atoms with E-state index in [1.807, 2.05) is 0 Å². The van der Waals surface area contributed by atoms with Gasteiger partial charge in [0.05, 0.1) is 0 Å². The Morgan fingerprint density at radius 1 is 1.33 bits per heavy atom. The number of hydrogen-bond acceptors (Lipinski definition) is 2. The fraction of sp³-hybridized carbons (Fsp3) is 0.462. The van der Waals surface area contributed by atoms with Crippen molar-refractivity contribution < 1.29 is 4.79 Å². The summed E-state index contributed by atoms with van der Waals surface area (Å²) in [4.78, 5) is 12.1. The Bertz CT molecular complexity index is 430. The van der Waals surface area contributed by atoms with Gasteiger partial charge in [-0.15, -0.1) is 0 Å². The Hall–Kier alpha value is -0.770. The first-order chi connectivity index (χ1) is 8.54. The van der Waals surface area contributed by atoms with E-state index in [9.17, 15) is 4.79 Å². The summed E-state index contributed by atoms with van der Waals surface area (Å²) in [6.07, 6.45) is 1.73. The van der Waals surface area contributed by atoms with Crippen LogP contribution in [0, 0.1) is 5.92 Å². The molecule has 1 saturated heterocycles. The maximum Gasteiger partial charge on any atom is 0.227 e. The van der Waals surface area contributed by atoms with Crippen molar-refractivity contribution in [2.75, 3.05) is 11.9 Å². The summed E-state index contributed by atoms with van der Waals surface area (Å²) < 4.78 is 0. The van der Waals surface area contributed by atoms with Crippen molar-refractivity contribution in [3.05, 3.63) is 28.2 Å². The zero-order chi connectivity index (χ0) is 13.1. The SMILES string of the molecule is CC1CC(C(=O)Nc2cc(Cl)cc(Cl)c2)CCN1. The fourth-order valence-corrected chi connectivity index (χ4v) is 2.77. The number of carbonyl (C=O) groups is 1. The molecule has 1 aliphatic rings. The Kier molecular flexibility index (Phi) is 4.49. The van der Waals surface area contributed by atoms with Gasteiger partial charge in [0, 0.05) is 27.7 Å². The molecular weight excluding hydrogens is 271 g/mol. The second-order valence-corrected chi connectivity index (χ2v) is 5.60. The summed E-state index contributed by atoms with van der Waals surface area (Å²) in [5.74, 6) is 0.0979. The van der Waals surface area contributed by atoms with Gasteiger partial charge in [0.1, 0.15) is 0 Å². The normalized spacial score (nSPS) is 23.7. The van der Waals surface area contributed by atoms with E-state index >= 15 is 0 Å². The number of halogens is 2. The lowest BCUT2D eigenvalue weighted by molar-refractivity contribution is -0.120.